The molecule has 0 aliphatic heterocycles. The number of nitrogens with one attached hydrogen (secondary N) is 1. The molecule has 0 saturated carbocycles. The lowest BCUT2D eigenvalue weighted by molar-refractivity contribution is -0.134. The number of nitrogens with zero attached hydrogens (tertiary/aromatic N) is 1. The summed E-state index contributed by atoms with van der Waals surface area (Å²) in [5, 5.41) is 12.6. The Bertz CT molecular complexity index is 1030. The van der Waals surface area contributed by atoms with Gasteiger partial charge < -0.3 is 10.1 Å². The van der Waals surface area contributed by atoms with E-state index in [9.17, 15) is 0 Å². The SMILES string of the molecule is CC(=O)O.Cc1c2ccncc2c(C)c2c1[nH]c1ccccc12. The van der Waals surface area contributed by atoms with Crippen LogP contribution in [0.5, 0.6) is 0 Å². The van der Waals surface area contributed by atoms with Crippen LogP contribution >= 0.6 is 0 Å². The van der Waals surface area contributed by atoms with Crippen LogP contribution in [0.25, 0.3) is 32.6 Å². The van der Waals surface area contributed by atoms with E-state index in [1.807, 2.05) is 12.4 Å². The highest BCUT2D eigenvalue weighted by Gasteiger charge is 2.13. The molecule has 0 amide bonds. The highest BCUT2D eigenvalue weighted by Crippen LogP contribution is 2.35. The van der Waals surface area contributed by atoms with Gasteiger partial charge in [0, 0.05) is 41.0 Å². The third kappa shape index (κ3) is 2.52. The maximum absolute atomic E-state index is 9.00. The molecular weight excluding hydrogens is 288 g/mol. The van der Waals surface area contributed by atoms with Crippen LogP contribution in [-0.2, 0) is 4.79 Å². The van der Waals surface area contributed by atoms with Crippen molar-refractivity contribution in [3.8, 4) is 0 Å². The van der Waals surface area contributed by atoms with Gasteiger partial charge in [-0.25, -0.2) is 0 Å². The number of fused-ring (bicyclic) bond motifs is 4. The predicted octanol–water partition coefficient (Wildman–Crippen LogP) is 4.58. The van der Waals surface area contributed by atoms with Crippen LogP contribution in [0, 0.1) is 13.8 Å². The van der Waals surface area contributed by atoms with Gasteiger partial charge in [0.15, 0.2) is 0 Å². The molecule has 23 heavy (non-hydrogen) atoms. The first-order valence-electron chi connectivity index (χ1n) is 7.43. The zero-order valence-corrected chi connectivity index (χ0v) is 13.3. The van der Waals surface area contributed by atoms with Crippen molar-refractivity contribution >= 4 is 38.5 Å². The van der Waals surface area contributed by atoms with Crippen molar-refractivity contribution in [3.05, 3.63) is 53.9 Å². The summed E-state index contributed by atoms with van der Waals surface area (Å²) in [5.74, 6) is -0.833. The number of benzene rings is 2. The number of para-hydroxylation sites is 1. The molecule has 0 aliphatic carbocycles. The number of rotatable bonds is 0. The van der Waals surface area contributed by atoms with E-state index in [-0.39, 0.29) is 0 Å². The molecule has 0 fully saturated rings. The fourth-order valence-electron chi connectivity index (χ4n) is 3.10. The Morgan fingerprint density at radius 3 is 2.48 bits per heavy atom. The summed E-state index contributed by atoms with van der Waals surface area (Å²) in [7, 11) is 0. The van der Waals surface area contributed by atoms with Crippen molar-refractivity contribution in [2.24, 2.45) is 0 Å². The lowest BCUT2D eigenvalue weighted by Gasteiger charge is -2.08. The number of hydrogen-bond donors (Lipinski definition) is 2. The molecule has 0 aliphatic rings. The van der Waals surface area contributed by atoms with E-state index >= 15 is 0 Å². The van der Waals surface area contributed by atoms with Gasteiger partial charge in [-0.3, -0.25) is 9.78 Å². The number of H-pyrrole nitrogens is 1. The first-order chi connectivity index (χ1) is 11.0. The zero-order chi connectivity index (χ0) is 16.6. The molecule has 116 valence electrons. The quantitative estimate of drug-likeness (QED) is 0.500. The van der Waals surface area contributed by atoms with Gasteiger partial charge in [-0.1, -0.05) is 18.2 Å². The molecule has 0 spiro atoms. The fraction of sp³-hybridized carbons (Fsp3) is 0.158. The van der Waals surface area contributed by atoms with Crippen molar-refractivity contribution in [1.29, 1.82) is 0 Å². The van der Waals surface area contributed by atoms with Crippen molar-refractivity contribution in [2.75, 3.05) is 0 Å². The second-order valence-electron chi connectivity index (χ2n) is 5.61. The number of carboxylic acids is 1. The van der Waals surface area contributed by atoms with Gasteiger partial charge in [0.2, 0.25) is 0 Å². The Hall–Kier alpha value is -2.88. The van der Waals surface area contributed by atoms with Gasteiger partial charge >= 0.3 is 0 Å². The molecule has 4 rings (SSSR count). The molecule has 4 heteroatoms. The Labute approximate surface area is 133 Å². The molecule has 2 heterocycles. The van der Waals surface area contributed by atoms with Crippen molar-refractivity contribution in [3.63, 3.8) is 0 Å². The molecule has 4 nitrogen and oxygen atoms in total. The minimum atomic E-state index is -0.833. The van der Waals surface area contributed by atoms with E-state index in [0.29, 0.717) is 0 Å². The third-order valence-electron chi connectivity index (χ3n) is 4.09. The van der Waals surface area contributed by atoms with Crippen molar-refractivity contribution in [2.45, 2.75) is 20.8 Å². The Kier molecular flexibility index (Phi) is 3.74. The number of pyridine rings is 1. The molecule has 0 bridgehead atoms. The molecule has 2 N–H and O–H groups in total. The molecule has 0 radical (unpaired) electrons. The van der Waals surface area contributed by atoms with Crippen molar-refractivity contribution in [1.82, 2.24) is 9.97 Å². The Morgan fingerprint density at radius 2 is 1.74 bits per heavy atom. The first kappa shape index (κ1) is 15.0. The lowest BCUT2D eigenvalue weighted by atomic mass is 9.97. The summed E-state index contributed by atoms with van der Waals surface area (Å²) in [4.78, 5) is 16.8. The normalized spacial score (nSPS) is 10.7. The average Bonchev–Trinajstić information content (AvgIpc) is 2.92. The number of carbonyl (C=O) groups is 1. The van der Waals surface area contributed by atoms with E-state index in [4.69, 9.17) is 9.90 Å². The number of aryl methyl sites for hydroxylation is 2. The van der Waals surface area contributed by atoms with E-state index in [1.165, 1.54) is 43.7 Å². The number of aliphatic carboxylic acids is 1. The minimum absolute atomic E-state index is 0.833. The van der Waals surface area contributed by atoms with Crippen LogP contribution in [-0.4, -0.2) is 21.0 Å². The predicted molar refractivity (Wildman–Crippen MR) is 93.9 cm³/mol. The van der Waals surface area contributed by atoms with E-state index in [0.717, 1.165) is 6.92 Å². The molecule has 2 aromatic heterocycles. The fourth-order valence-corrected chi connectivity index (χ4v) is 3.10. The number of aromatic amines is 1. The third-order valence-corrected chi connectivity index (χ3v) is 4.09. The van der Waals surface area contributed by atoms with Gasteiger partial charge in [0.05, 0.1) is 5.52 Å². The van der Waals surface area contributed by atoms with E-state index in [2.05, 4.69) is 54.1 Å². The summed E-state index contributed by atoms with van der Waals surface area (Å²) in [6.07, 6.45) is 3.84. The van der Waals surface area contributed by atoms with Gasteiger partial charge in [0.25, 0.3) is 5.97 Å². The largest absolute Gasteiger partial charge is 0.481 e. The highest BCUT2D eigenvalue weighted by atomic mass is 16.4. The Balaban J connectivity index is 0.000000354. The Morgan fingerprint density at radius 1 is 1.04 bits per heavy atom. The van der Waals surface area contributed by atoms with Crippen LogP contribution in [0.2, 0.25) is 0 Å². The van der Waals surface area contributed by atoms with E-state index in [1.54, 1.807) is 0 Å². The van der Waals surface area contributed by atoms with Gasteiger partial charge in [-0.15, -0.1) is 0 Å². The lowest BCUT2D eigenvalue weighted by Crippen LogP contribution is -1.87. The average molecular weight is 306 g/mol. The van der Waals surface area contributed by atoms with Gasteiger partial charge in [-0.2, -0.15) is 0 Å². The maximum Gasteiger partial charge on any atom is 0.300 e. The van der Waals surface area contributed by atoms with Gasteiger partial charge in [-0.05, 0) is 42.5 Å². The second-order valence-corrected chi connectivity index (χ2v) is 5.61. The molecule has 0 unspecified atom stereocenters. The van der Waals surface area contributed by atoms with Crippen LogP contribution in [0.3, 0.4) is 0 Å². The summed E-state index contributed by atoms with van der Waals surface area (Å²) in [6, 6.07) is 10.6. The van der Waals surface area contributed by atoms with Crippen LogP contribution < -0.4 is 0 Å². The maximum atomic E-state index is 9.00. The topological polar surface area (TPSA) is 66.0 Å². The van der Waals surface area contributed by atoms with Gasteiger partial charge in [0.1, 0.15) is 0 Å². The highest BCUT2D eigenvalue weighted by molar-refractivity contribution is 6.16. The molecule has 2 aromatic carbocycles. The van der Waals surface area contributed by atoms with Crippen LogP contribution in [0.15, 0.2) is 42.7 Å². The summed E-state index contributed by atoms with van der Waals surface area (Å²) < 4.78 is 0. The molecular formula is C19H18N2O2. The zero-order valence-electron chi connectivity index (χ0n) is 13.3. The minimum Gasteiger partial charge on any atom is -0.481 e. The number of aromatic nitrogens is 2. The van der Waals surface area contributed by atoms with E-state index < -0.39 is 5.97 Å². The molecule has 4 aromatic rings. The van der Waals surface area contributed by atoms with Crippen LogP contribution in [0.4, 0.5) is 0 Å². The molecule has 0 saturated heterocycles. The summed E-state index contributed by atoms with van der Waals surface area (Å²) in [6.45, 7) is 5.45. The summed E-state index contributed by atoms with van der Waals surface area (Å²) in [5.41, 5.74) is 5.06. The van der Waals surface area contributed by atoms with Crippen LogP contribution in [0.1, 0.15) is 18.1 Å². The monoisotopic (exact) mass is 306 g/mol. The smallest absolute Gasteiger partial charge is 0.300 e. The van der Waals surface area contributed by atoms with Crippen molar-refractivity contribution < 1.29 is 9.90 Å². The summed E-state index contributed by atoms with van der Waals surface area (Å²) >= 11 is 0. The first-order valence-corrected chi connectivity index (χ1v) is 7.43. The second kappa shape index (κ2) is 5.72. The number of hydrogen-bond acceptors (Lipinski definition) is 2. The molecule has 0 atom stereocenters. The standard InChI is InChI=1S/C17H14N2.C2H4O2/c1-10-14-9-18-8-7-12(14)11(2)17-16(10)13-5-3-4-6-15(13)19-17;1-2(3)4/h3-9,19H,1-2H3;1H3,(H,3,4). The number of carboxylic acid groups (broad SMARTS) is 1.